The van der Waals surface area contributed by atoms with Gasteiger partial charge in [-0.15, -0.1) is 0 Å². The molecule has 11 heteroatoms. The maximum atomic E-state index is 13.9. The van der Waals surface area contributed by atoms with Crippen molar-refractivity contribution >= 4 is 47.0 Å². The molecule has 0 aromatic rings. The van der Waals surface area contributed by atoms with Crippen molar-refractivity contribution in [1.29, 1.82) is 0 Å². The normalized spacial score (nSPS) is 37.1. The lowest BCUT2D eigenvalue weighted by Gasteiger charge is -2.47. The lowest BCUT2D eigenvalue weighted by molar-refractivity contribution is -0.225. The first-order valence-electron chi connectivity index (χ1n) is 12.1. The molecule has 5 fully saturated rings. The van der Waals surface area contributed by atoms with E-state index in [2.05, 4.69) is 0 Å². The highest BCUT2D eigenvalue weighted by molar-refractivity contribution is 7.99. The predicted molar refractivity (Wildman–Crippen MR) is 131 cm³/mol. The van der Waals surface area contributed by atoms with Crippen molar-refractivity contribution in [1.82, 2.24) is 0 Å². The predicted octanol–water partition coefficient (Wildman–Crippen LogP) is 1.82. The largest absolute Gasteiger partial charge is 0.461 e. The molecule has 0 aromatic heterocycles. The van der Waals surface area contributed by atoms with Crippen LogP contribution in [0.1, 0.15) is 19.8 Å². The maximum absolute atomic E-state index is 13.9. The lowest BCUT2D eigenvalue weighted by atomic mass is 9.76. The summed E-state index contributed by atoms with van der Waals surface area (Å²) >= 11 is 5.18. The highest BCUT2D eigenvalue weighted by Crippen LogP contribution is 2.47. The van der Waals surface area contributed by atoms with Crippen LogP contribution < -0.4 is 0 Å². The molecule has 2 spiro atoms. The molecule has 0 bridgehead atoms. The minimum atomic E-state index is -0.875. The zero-order valence-corrected chi connectivity index (χ0v) is 21.9. The van der Waals surface area contributed by atoms with Crippen LogP contribution in [0.2, 0.25) is 0 Å². The summed E-state index contributed by atoms with van der Waals surface area (Å²) < 4.78 is 30.1. The van der Waals surface area contributed by atoms with Gasteiger partial charge in [-0.25, -0.2) is 0 Å². The Bertz CT molecular complexity index is 754. The van der Waals surface area contributed by atoms with Gasteiger partial charge in [0, 0.05) is 48.7 Å². The number of rotatable bonds is 5. The van der Waals surface area contributed by atoms with Crippen LogP contribution in [0.4, 0.5) is 0 Å². The fraction of sp³-hybridized carbons (Fsp3) is 0.913. The van der Waals surface area contributed by atoms with Crippen LogP contribution in [-0.4, -0.2) is 102 Å². The van der Waals surface area contributed by atoms with Crippen molar-refractivity contribution in [3.05, 3.63) is 0 Å². The zero-order valence-electron chi connectivity index (χ0n) is 19.5. The van der Waals surface area contributed by atoms with E-state index in [9.17, 15) is 14.7 Å². The molecule has 0 saturated carbocycles. The Balaban J connectivity index is 1.38. The molecule has 0 amide bonds. The molecule has 34 heavy (non-hydrogen) atoms. The number of Topliss-reactive ketones (excluding diaryl/α,β-unsaturated/α-hetero) is 1. The monoisotopic (exact) mass is 534 g/mol. The molecule has 5 aliphatic heterocycles. The topological polar surface area (TPSA) is 101 Å². The number of aliphatic hydroxyl groups is 1. The number of hydrogen-bond donors (Lipinski definition) is 1. The summed E-state index contributed by atoms with van der Waals surface area (Å²) in [5.41, 5.74) is 0. The van der Waals surface area contributed by atoms with Crippen molar-refractivity contribution in [2.45, 2.75) is 43.5 Å². The molecule has 0 radical (unpaired) electrons. The Kier molecular flexibility index (Phi) is 8.12. The summed E-state index contributed by atoms with van der Waals surface area (Å²) in [6.07, 6.45) is -0.104. The first-order chi connectivity index (χ1) is 16.5. The second kappa shape index (κ2) is 10.8. The lowest BCUT2D eigenvalue weighted by Crippen LogP contribution is -2.58. The summed E-state index contributed by atoms with van der Waals surface area (Å²) in [6, 6.07) is 0. The van der Waals surface area contributed by atoms with Crippen molar-refractivity contribution in [3.63, 3.8) is 0 Å². The van der Waals surface area contributed by atoms with E-state index in [1.165, 1.54) is 6.92 Å². The van der Waals surface area contributed by atoms with Gasteiger partial charge in [-0.3, -0.25) is 9.59 Å². The van der Waals surface area contributed by atoms with Gasteiger partial charge in [0.2, 0.25) is 0 Å². The zero-order chi connectivity index (χ0) is 23.8. The average Bonchev–Trinajstić information content (AvgIpc) is 3.49. The third-order valence-corrected chi connectivity index (χ3v) is 11.1. The molecule has 0 aliphatic carbocycles. The smallest absolute Gasteiger partial charge is 0.302 e. The Labute approximate surface area is 213 Å². The average molecular weight is 535 g/mol. The Hall–Kier alpha value is -0.0100. The molecule has 8 nitrogen and oxygen atoms in total. The van der Waals surface area contributed by atoms with E-state index in [-0.39, 0.29) is 17.6 Å². The van der Waals surface area contributed by atoms with E-state index in [1.54, 1.807) is 35.3 Å². The SMILES string of the molecule is CC(=O)O[C@@H]([C@@H]1CSC[C@@H]([C@@H](O)[C@@H]2CSCCC23OCCO3)C1=O)[C@@H]1CSCCC12OCCO2. The van der Waals surface area contributed by atoms with Gasteiger partial charge in [0.1, 0.15) is 11.9 Å². The number of carbonyl (C=O) groups is 2. The maximum Gasteiger partial charge on any atom is 0.302 e. The van der Waals surface area contributed by atoms with Crippen molar-refractivity contribution in [2.24, 2.45) is 23.7 Å². The summed E-state index contributed by atoms with van der Waals surface area (Å²) in [5.74, 6) is 0.650. The van der Waals surface area contributed by atoms with Gasteiger partial charge in [0.25, 0.3) is 0 Å². The first kappa shape index (κ1) is 25.6. The van der Waals surface area contributed by atoms with Gasteiger partial charge >= 0.3 is 5.97 Å². The van der Waals surface area contributed by atoms with Crippen LogP contribution in [0.3, 0.4) is 0 Å². The Morgan fingerprint density at radius 1 is 0.882 bits per heavy atom. The number of ketones is 1. The van der Waals surface area contributed by atoms with Gasteiger partial charge in [0.15, 0.2) is 11.6 Å². The van der Waals surface area contributed by atoms with Crippen molar-refractivity contribution < 1.29 is 38.4 Å². The van der Waals surface area contributed by atoms with Gasteiger partial charge in [0.05, 0.1) is 50.3 Å². The summed E-state index contributed by atoms with van der Waals surface area (Å²) in [7, 11) is 0. The van der Waals surface area contributed by atoms with E-state index in [0.29, 0.717) is 62.3 Å². The molecule has 5 rings (SSSR count). The van der Waals surface area contributed by atoms with Crippen LogP contribution in [0.15, 0.2) is 0 Å². The van der Waals surface area contributed by atoms with E-state index in [0.717, 1.165) is 11.5 Å². The number of carbonyl (C=O) groups excluding carboxylic acids is 2. The Morgan fingerprint density at radius 2 is 1.41 bits per heavy atom. The van der Waals surface area contributed by atoms with Gasteiger partial charge in [-0.1, -0.05) is 0 Å². The number of esters is 1. The standard InChI is InChI=1S/C23H34O8S3/c1-14(24)31-21(18-13-33-9-3-23(18)29-6-7-30-23)16-11-34-10-15(19(16)25)20(26)17-12-32-8-2-22(17)27-4-5-28-22/h15-18,20-21,26H,2-13H2,1H3/t15-,16-,17+,18+,20-,21+/m1/s1. The molecular weight excluding hydrogens is 500 g/mol. The van der Waals surface area contributed by atoms with E-state index < -0.39 is 41.6 Å². The Morgan fingerprint density at radius 3 is 2.00 bits per heavy atom. The summed E-state index contributed by atoms with van der Waals surface area (Å²) in [6.45, 7) is 3.42. The highest BCUT2D eigenvalue weighted by Gasteiger charge is 2.57. The molecule has 5 saturated heterocycles. The number of hydrogen-bond acceptors (Lipinski definition) is 11. The van der Waals surface area contributed by atoms with Crippen LogP contribution in [0.5, 0.6) is 0 Å². The van der Waals surface area contributed by atoms with E-state index >= 15 is 0 Å². The van der Waals surface area contributed by atoms with Crippen molar-refractivity contribution in [3.8, 4) is 0 Å². The first-order valence-corrected chi connectivity index (χ1v) is 15.6. The second-order valence-electron chi connectivity index (χ2n) is 9.60. The fourth-order valence-electron chi connectivity index (χ4n) is 6.04. The quantitative estimate of drug-likeness (QED) is 0.523. The van der Waals surface area contributed by atoms with Gasteiger partial charge < -0.3 is 28.8 Å². The van der Waals surface area contributed by atoms with E-state index in [4.69, 9.17) is 23.7 Å². The summed E-state index contributed by atoms with van der Waals surface area (Å²) in [4.78, 5) is 26.1. The minimum Gasteiger partial charge on any atom is -0.461 e. The van der Waals surface area contributed by atoms with Crippen LogP contribution in [0.25, 0.3) is 0 Å². The van der Waals surface area contributed by atoms with Crippen LogP contribution in [0, 0.1) is 23.7 Å². The van der Waals surface area contributed by atoms with Crippen molar-refractivity contribution in [2.75, 3.05) is 60.9 Å². The number of ether oxygens (including phenoxy) is 5. The van der Waals surface area contributed by atoms with Gasteiger partial charge in [-0.05, 0) is 11.5 Å². The van der Waals surface area contributed by atoms with Crippen LogP contribution >= 0.6 is 35.3 Å². The third-order valence-electron chi connectivity index (χ3n) is 7.71. The second-order valence-corrected chi connectivity index (χ2v) is 13.0. The molecule has 0 aromatic carbocycles. The fourth-order valence-corrected chi connectivity index (χ4v) is 9.99. The van der Waals surface area contributed by atoms with Crippen LogP contribution in [-0.2, 0) is 33.3 Å². The third kappa shape index (κ3) is 4.80. The molecule has 5 heterocycles. The molecule has 1 N–H and O–H groups in total. The number of thioether (sulfide) groups is 3. The molecular formula is C23H34O8S3. The highest BCUT2D eigenvalue weighted by atomic mass is 32.2. The molecule has 192 valence electrons. The molecule has 0 unspecified atom stereocenters. The van der Waals surface area contributed by atoms with E-state index in [1.807, 2.05) is 0 Å². The molecule has 6 atom stereocenters. The minimum absolute atomic E-state index is 0.0371. The summed E-state index contributed by atoms with van der Waals surface area (Å²) in [5, 5.41) is 11.5. The molecule has 5 aliphatic rings. The van der Waals surface area contributed by atoms with Gasteiger partial charge in [-0.2, -0.15) is 35.3 Å². The number of aliphatic hydroxyl groups excluding tert-OH is 1.